The van der Waals surface area contributed by atoms with Crippen molar-refractivity contribution < 1.29 is 4.52 Å². The minimum absolute atomic E-state index is 0.380. The molecule has 148 valence electrons. The number of hydrogen-bond donors (Lipinski definition) is 3. The van der Waals surface area contributed by atoms with E-state index in [9.17, 15) is 0 Å². The van der Waals surface area contributed by atoms with Crippen LogP contribution >= 0.6 is 0 Å². The molecule has 0 bridgehead atoms. The maximum absolute atomic E-state index is 5.42. The SMILES string of the molecule is Cc1cc(Nc2cc(C(C)C)[nH]n2)nc(NCc2cc(-c3ccccc3)no2)n1. The number of rotatable bonds is 7. The van der Waals surface area contributed by atoms with Gasteiger partial charge in [0.2, 0.25) is 5.95 Å². The van der Waals surface area contributed by atoms with E-state index < -0.39 is 0 Å². The fourth-order valence-electron chi connectivity index (χ4n) is 2.85. The molecule has 0 aliphatic heterocycles. The molecule has 0 aliphatic carbocycles. The molecule has 3 N–H and O–H groups in total. The highest BCUT2D eigenvalue weighted by atomic mass is 16.5. The van der Waals surface area contributed by atoms with Gasteiger partial charge < -0.3 is 15.2 Å². The molecule has 4 rings (SSSR count). The highest BCUT2D eigenvalue weighted by Gasteiger charge is 2.09. The van der Waals surface area contributed by atoms with E-state index in [2.05, 4.69) is 49.8 Å². The zero-order chi connectivity index (χ0) is 20.2. The van der Waals surface area contributed by atoms with Gasteiger partial charge in [0.15, 0.2) is 11.6 Å². The summed E-state index contributed by atoms with van der Waals surface area (Å²) in [6.45, 7) is 6.58. The van der Waals surface area contributed by atoms with Crippen LogP contribution in [0.5, 0.6) is 0 Å². The lowest BCUT2D eigenvalue weighted by Gasteiger charge is -2.07. The Bertz CT molecular complexity index is 1090. The first-order valence-corrected chi connectivity index (χ1v) is 9.50. The third-order valence-electron chi connectivity index (χ3n) is 4.38. The van der Waals surface area contributed by atoms with Gasteiger partial charge in [-0.15, -0.1) is 0 Å². The molecule has 8 heteroatoms. The molecule has 0 saturated carbocycles. The van der Waals surface area contributed by atoms with Crippen molar-refractivity contribution in [1.82, 2.24) is 25.3 Å². The second-order valence-corrected chi connectivity index (χ2v) is 7.10. The first-order chi connectivity index (χ1) is 14.1. The molecular formula is C21H23N7O. The predicted molar refractivity (Wildman–Crippen MR) is 112 cm³/mol. The second kappa shape index (κ2) is 8.14. The lowest BCUT2D eigenvalue weighted by Crippen LogP contribution is -2.06. The zero-order valence-corrected chi connectivity index (χ0v) is 16.6. The van der Waals surface area contributed by atoms with Crippen molar-refractivity contribution in [2.75, 3.05) is 10.6 Å². The van der Waals surface area contributed by atoms with E-state index in [0.29, 0.717) is 30.0 Å². The van der Waals surface area contributed by atoms with Crippen molar-refractivity contribution in [3.63, 3.8) is 0 Å². The lowest BCUT2D eigenvalue weighted by molar-refractivity contribution is 0.390. The smallest absolute Gasteiger partial charge is 0.225 e. The monoisotopic (exact) mass is 389 g/mol. The molecule has 3 heterocycles. The van der Waals surface area contributed by atoms with Gasteiger partial charge in [-0.2, -0.15) is 10.1 Å². The standard InChI is InChI=1S/C21H23N7O/c1-13(2)17-11-20(27-26-17)24-19-9-14(3)23-21(25-19)22-12-16-10-18(28-29-16)15-7-5-4-6-8-15/h4-11,13H,12H2,1-3H3,(H3,22,23,24,25,26,27). The summed E-state index contributed by atoms with van der Waals surface area (Å²) in [4.78, 5) is 8.95. The van der Waals surface area contributed by atoms with Crippen LogP contribution in [0.1, 0.15) is 36.9 Å². The molecule has 29 heavy (non-hydrogen) atoms. The fourth-order valence-corrected chi connectivity index (χ4v) is 2.85. The maximum atomic E-state index is 5.42. The number of H-pyrrole nitrogens is 1. The van der Waals surface area contributed by atoms with Crippen molar-refractivity contribution >= 4 is 17.6 Å². The van der Waals surface area contributed by atoms with Gasteiger partial charge in [0, 0.05) is 35.2 Å². The summed E-state index contributed by atoms with van der Waals surface area (Å²) in [6.07, 6.45) is 0. The molecule has 0 spiro atoms. The van der Waals surface area contributed by atoms with Crippen LogP contribution in [0.25, 0.3) is 11.3 Å². The van der Waals surface area contributed by atoms with E-state index in [-0.39, 0.29) is 0 Å². The van der Waals surface area contributed by atoms with E-state index in [1.54, 1.807) is 0 Å². The fraction of sp³-hybridized carbons (Fsp3) is 0.238. The van der Waals surface area contributed by atoms with Crippen LogP contribution in [-0.2, 0) is 6.54 Å². The Morgan fingerprint density at radius 2 is 1.86 bits per heavy atom. The van der Waals surface area contributed by atoms with Crippen molar-refractivity contribution in [3.8, 4) is 11.3 Å². The van der Waals surface area contributed by atoms with Gasteiger partial charge >= 0.3 is 0 Å². The lowest BCUT2D eigenvalue weighted by atomic mass is 10.1. The summed E-state index contributed by atoms with van der Waals surface area (Å²) in [6, 6.07) is 15.7. The average Bonchev–Trinajstić information content (AvgIpc) is 3.36. The Labute approximate surface area is 168 Å². The van der Waals surface area contributed by atoms with E-state index in [1.165, 1.54) is 0 Å². The molecular weight excluding hydrogens is 366 g/mol. The van der Waals surface area contributed by atoms with Crippen LogP contribution in [-0.4, -0.2) is 25.3 Å². The maximum Gasteiger partial charge on any atom is 0.225 e. The topological polar surface area (TPSA) is 105 Å². The van der Waals surface area contributed by atoms with Gasteiger partial charge in [0.05, 0.1) is 6.54 Å². The normalized spacial score (nSPS) is 11.0. The molecule has 8 nitrogen and oxygen atoms in total. The van der Waals surface area contributed by atoms with E-state index in [4.69, 9.17) is 4.52 Å². The Morgan fingerprint density at radius 1 is 1.03 bits per heavy atom. The predicted octanol–water partition coefficient (Wildman–Crippen LogP) is 4.64. The van der Waals surface area contributed by atoms with Crippen molar-refractivity contribution in [2.45, 2.75) is 33.2 Å². The van der Waals surface area contributed by atoms with Crippen molar-refractivity contribution in [2.24, 2.45) is 0 Å². The number of aromatic nitrogens is 5. The Hall–Kier alpha value is -3.68. The third kappa shape index (κ3) is 4.60. The van der Waals surface area contributed by atoms with Gasteiger partial charge in [-0.3, -0.25) is 5.10 Å². The number of nitrogens with one attached hydrogen (secondary N) is 3. The van der Waals surface area contributed by atoms with E-state index >= 15 is 0 Å². The molecule has 4 aromatic rings. The highest BCUT2D eigenvalue weighted by Crippen LogP contribution is 2.21. The van der Waals surface area contributed by atoms with Gasteiger partial charge in [-0.1, -0.05) is 49.3 Å². The van der Waals surface area contributed by atoms with E-state index in [1.807, 2.05) is 55.5 Å². The number of aromatic amines is 1. The summed E-state index contributed by atoms with van der Waals surface area (Å²) < 4.78 is 5.42. The summed E-state index contributed by atoms with van der Waals surface area (Å²) in [7, 11) is 0. The summed E-state index contributed by atoms with van der Waals surface area (Å²) in [5, 5.41) is 17.8. The van der Waals surface area contributed by atoms with Crippen LogP contribution < -0.4 is 10.6 Å². The number of nitrogens with zero attached hydrogens (tertiary/aromatic N) is 4. The van der Waals surface area contributed by atoms with Crippen LogP contribution in [0, 0.1) is 6.92 Å². The Kier molecular flexibility index (Phi) is 5.24. The first kappa shape index (κ1) is 18.7. The van der Waals surface area contributed by atoms with Gasteiger partial charge in [0.25, 0.3) is 0 Å². The van der Waals surface area contributed by atoms with Gasteiger partial charge in [-0.25, -0.2) is 4.98 Å². The molecule has 0 atom stereocenters. The molecule has 1 aromatic carbocycles. The van der Waals surface area contributed by atoms with Gasteiger partial charge in [-0.05, 0) is 12.8 Å². The first-order valence-electron chi connectivity index (χ1n) is 9.50. The average molecular weight is 389 g/mol. The number of aryl methyl sites for hydroxylation is 1. The molecule has 0 fully saturated rings. The van der Waals surface area contributed by atoms with Gasteiger partial charge in [0.1, 0.15) is 11.5 Å². The number of benzene rings is 1. The summed E-state index contributed by atoms with van der Waals surface area (Å²) >= 11 is 0. The van der Waals surface area contributed by atoms with Crippen molar-refractivity contribution in [1.29, 1.82) is 0 Å². The molecule has 3 aromatic heterocycles. The quantitative estimate of drug-likeness (QED) is 0.423. The molecule has 0 amide bonds. The van der Waals surface area contributed by atoms with Crippen LogP contribution in [0.3, 0.4) is 0 Å². The zero-order valence-electron chi connectivity index (χ0n) is 16.6. The summed E-state index contributed by atoms with van der Waals surface area (Å²) in [5.41, 5.74) is 3.72. The number of anilines is 3. The van der Waals surface area contributed by atoms with Crippen LogP contribution in [0.15, 0.2) is 53.1 Å². The molecule has 0 aliphatic rings. The second-order valence-electron chi connectivity index (χ2n) is 7.10. The molecule has 0 radical (unpaired) electrons. The Balaban J connectivity index is 1.43. The minimum Gasteiger partial charge on any atom is -0.359 e. The highest BCUT2D eigenvalue weighted by molar-refractivity contribution is 5.58. The largest absolute Gasteiger partial charge is 0.359 e. The Morgan fingerprint density at radius 3 is 2.62 bits per heavy atom. The molecule has 0 unspecified atom stereocenters. The van der Waals surface area contributed by atoms with Crippen LogP contribution in [0.4, 0.5) is 17.6 Å². The van der Waals surface area contributed by atoms with Crippen LogP contribution in [0.2, 0.25) is 0 Å². The van der Waals surface area contributed by atoms with E-state index in [0.717, 1.165) is 28.5 Å². The van der Waals surface area contributed by atoms with Crippen molar-refractivity contribution in [3.05, 3.63) is 65.7 Å². The number of hydrogen-bond acceptors (Lipinski definition) is 7. The minimum atomic E-state index is 0.380. The third-order valence-corrected chi connectivity index (χ3v) is 4.38. The molecule has 0 saturated heterocycles. The summed E-state index contributed by atoms with van der Waals surface area (Å²) in [5.74, 6) is 2.98.